The summed E-state index contributed by atoms with van der Waals surface area (Å²) in [4.78, 5) is 9.91. The Morgan fingerprint density at radius 1 is 1.13 bits per heavy atom. The first-order valence-corrected chi connectivity index (χ1v) is 11.9. The monoisotopic (exact) mass is 410 g/mol. The van der Waals surface area contributed by atoms with Crippen molar-refractivity contribution in [3.63, 3.8) is 0 Å². The summed E-state index contributed by atoms with van der Waals surface area (Å²) in [5.74, 6) is 2.52. The number of hydrogen-bond acceptors (Lipinski definition) is 3. The smallest absolute Gasteiger partial charge is 0.123 e. The van der Waals surface area contributed by atoms with Gasteiger partial charge in [0.1, 0.15) is 11.6 Å². The molecule has 30 heavy (non-hydrogen) atoms. The molecular formula is C25H35FN4. The Morgan fingerprint density at radius 3 is 2.87 bits per heavy atom. The van der Waals surface area contributed by atoms with Gasteiger partial charge in [0.15, 0.2) is 0 Å². The van der Waals surface area contributed by atoms with E-state index in [0.717, 1.165) is 36.3 Å². The number of likely N-dealkylation sites (tertiary alicyclic amines) is 1. The molecule has 3 aliphatic heterocycles. The maximum Gasteiger partial charge on any atom is 0.123 e. The first kappa shape index (κ1) is 20.2. The van der Waals surface area contributed by atoms with E-state index < -0.39 is 0 Å². The summed E-state index contributed by atoms with van der Waals surface area (Å²) >= 11 is 0. The van der Waals surface area contributed by atoms with Gasteiger partial charge in [0.05, 0.1) is 0 Å². The van der Waals surface area contributed by atoms with Gasteiger partial charge in [0, 0.05) is 44.1 Å². The van der Waals surface area contributed by atoms with E-state index in [1.165, 1.54) is 58.3 Å². The molecule has 3 fully saturated rings. The summed E-state index contributed by atoms with van der Waals surface area (Å²) in [6.07, 6.45) is 11.6. The second-order valence-corrected chi connectivity index (χ2v) is 9.74. The van der Waals surface area contributed by atoms with Gasteiger partial charge < -0.3 is 9.47 Å². The van der Waals surface area contributed by atoms with E-state index in [0.29, 0.717) is 12.0 Å². The summed E-state index contributed by atoms with van der Waals surface area (Å²) in [5.41, 5.74) is 1.16. The fourth-order valence-electron chi connectivity index (χ4n) is 6.48. The van der Waals surface area contributed by atoms with Crippen molar-refractivity contribution in [3.05, 3.63) is 53.9 Å². The predicted octanol–water partition coefficient (Wildman–Crippen LogP) is 4.14. The Hall–Kier alpha value is -1.72. The van der Waals surface area contributed by atoms with Gasteiger partial charge in [-0.15, -0.1) is 0 Å². The lowest BCUT2D eigenvalue weighted by Gasteiger charge is -2.57. The van der Waals surface area contributed by atoms with Crippen LogP contribution in [0.5, 0.6) is 0 Å². The van der Waals surface area contributed by atoms with Crippen molar-refractivity contribution in [2.45, 2.75) is 64.1 Å². The van der Waals surface area contributed by atoms with Crippen molar-refractivity contribution >= 4 is 0 Å². The van der Waals surface area contributed by atoms with Crippen LogP contribution in [0, 0.1) is 24.6 Å². The van der Waals surface area contributed by atoms with E-state index in [-0.39, 0.29) is 5.82 Å². The van der Waals surface area contributed by atoms with Gasteiger partial charge >= 0.3 is 0 Å². The standard InChI is InChI=1S/C25H35FN4/c1-19-27-9-13-29(19)11-5-10-28-17-21-16-22(18-28)25(30-12-3-2-8-24(21)30)15-20-6-4-7-23(26)14-20/h4,6-7,9,13-14,21-22,24-25H,2-3,5,8,10-12,15-18H2,1H3/t21-,22+,24+,25+/m1/s1. The molecule has 3 aliphatic rings. The molecule has 3 saturated heterocycles. The van der Waals surface area contributed by atoms with Crippen LogP contribution >= 0.6 is 0 Å². The van der Waals surface area contributed by atoms with Gasteiger partial charge in [-0.1, -0.05) is 18.6 Å². The average Bonchev–Trinajstić information content (AvgIpc) is 3.16. The number of halogens is 1. The lowest BCUT2D eigenvalue weighted by atomic mass is 9.71. The van der Waals surface area contributed by atoms with Gasteiger partial charge in [0.25, 0.3) is 0 Å². The Bertz CT molecular complexity index is 849. The molecule has 2 bridgehead atoms. The Labute approximate surface area is 180 Å². The predicted molar refractivity (Wildman–Crippen MR) is 118 cm³/mol. The van der Waals surface area contributed by atoms with Crippen LogP contribution in [0.2, 0.25) is 0 Å². The zero-order valence-electron chi connectivity index (χ0n) is 18.2. The Kier molecular flexibility index (Phi) is 5.92. The van der Waals surface area contributed by atoms with E-state index in [9.17, 15) is 4.39 Å². The highest BCUT2D eigenvalue weighted by Gasteiger charge is 2.46. The van der Waals surface area contributed by atoms with Crippen LogP contribution in [0.4, 0.5) is 4.39 Å². The molecule has 0 spiro atoms. The summed E-state index contributed by atoms with van der Waals surface area (Å²) in [6.45, 7) is 8.00. The number of rotatable bonds is 6. The molecule has 1 aromatic heterocycles. The minimum absolute atomic E-state index is 0.101. The average molecular weight is 411 g/mol. The number of hydrogen-bond donors (Lipinski definition) is 0. The zero-order chi connectivity index (χ0) is 20.5. The molecule has 2 aromatic rings. The lowest BCUT2D eigenvalue weighted by Crippen LogP contribution is -2.64. The largest absolute Gasteiger partial charge is 0.335 e. The van der Waals surface area contributed by atoms with Crippen LogP contribution < -0.4 is 0 Å². The number of nitrogens with zero attached hydrogens (tertiary/aromatic N) is 4. The molecule has 5 heteroatoms. The minimum atomic E-state index is -0.101. The minimum Gasteiger partial charge on any atom is -0.335 e. The van der Waals surface area contributed by atoms with Crippen molar-refractivity contribution in [2.75, 3.05) is 26.2 Å². The van der Waals surface area contributed by atoms with E-state index in [2.05, 4.69) is 38.5 Å². The number of fused-ring (bicyclic) bond motifs is 4. The first-order valence-electron chi connectivity index (χ1n) is 11.9. The highest BCUT2D eigenvalue weighted by molar-refractivity contribution is 5.19. The molecule has 0 amide bonds. The number of benzene rings is 1. The highest BCUT2D eigenvalue weighted by Crippen LogP contribution is 2.42. The van der Waals surface area contributed by atoms with Gasteiger partial charge in [0.2, 0.25) is 0 Å². The quantitative estimate of drug-likeness (QED) is 0.715. The molecule has 162 valence electrons. The van der Waals surface area contributed by atoms with Crippen molar-refractivity contribution < 1.29 is 4.39 Å². The molecular weight excluding hydrogens is 375 g/mol. The maximum atomic E-state index is 13.8. The van der Waals surface area contributed by atoms with Gasteiger partial charge in [-0.25, -0.2) is 9.37 Å². The summed E-state index contributed by atoms with van der Waals surface area (Å²) in [6, 6.07) is 8.59. The van der Waals surface area contributed by atoms with Crippen LogP contribution in [-0.2, 0) is 13.0 Å². The van der Waals surface area contributed by atoms with Crippen molar-refractivity contribution in [2.24, 2.45) is 11.8 Å². The third-order valence-electron chi connectivity index (χ3n) is 7.83. The number of imidazole rings is 1. The van der Waals surface area contributed by atoms with Gasteiger partial charge in [-0.3, -0.25) is 4.90 Å². The van der Waals surface area contributed by atoms with Crippen LogP contribution in [0.15, 0.2) is 36.7 Å². The molecule has 4 atom stereocenters. The van der Waals surface area contributed by atoms with Gasteiger partial charge in [-0.2, -0.15) is 0 Å². The Balaban J connectivity index is 1.28. The SMILES string of the molecule is Cc1nccn1CCCN1C[C@H]2C[C@@H](C1)[C@H](Cc1cccc(F)c1)N1CCCC[C@@H]21. The van der Waals surface area contributed by atoms with E-state index in [1.54, 1.807) is 12.1 Å². The second kappa shape index (κ2) is 8.80. The lowest BCUT2D eigenvalue weighted by molar-refractivity contribution is -0.0713. The van der Waals surface area contributed by atoms with Crippen molar-refractivity contribution in [3.8, 4) is 0 Å². The number of aryl methyl sites for hydroxylation is 2. The van der Waals surface area contributed by atoms with Crippen molar-refractivity contribution in [1.29, 1.82) is 0 Å². The van der Waals surface area contributed by atoms with Crippen LogP contribution in [0.3, 0.4) is 0 Å². The molecule has 5 rings (SSSR count). The second-order valence-electron chi connectivity index (χ2n) is 9.74. The molecule has 4 heterocycles. The summed E-state index contributed by atoms with van der Waals surface area (Å²) in [5, 5.41) is 0. The molecule has 4 nitrogen and oxygen atoms in total. The highest BCUT2D eigenvalue weighted by atomic mass is 19.1. The first-order chi connectivity index (χ1) is 14.7. The van der Waals surface area contributed by atoms with Crippen LogP contribution in [-0.4, -0.2) is 57.6 Å². The van der Waals surface area contributed by atoms with E-state index in [4.69, 9.17) is 0 Å². The summed E-state index contributed by atoms with van der Waals surface area (Å²) < 4.78 is 16.1. The molecule has 0 N–H and O–H groups in total. The Morgan fingerprint density at radius 2 is 2.03 bits per heavy atom. The van der Waals surface area contributed by atoms with E-state index in [1.807, 2.05) is 12.3 Å². The molecule has 0 unspecified atom stereocenters. The third-order valence-corrected chi connectivity index (χ3v) is 7.83. The van der Waals surface area contributed by atoms with Crippen LogP contribution in [0.1, 0.15) is 43.5 Å². The molecule has 0 radical (unpaired) electrons. The number of piperidine rings is 3. The van der Waals surface area contributed by atoms with Gasteiger partial charge in [-0.05, 0) is 81.6 Å². The van der Waals surface area contributed by atoms with Crippen LogP contribution in [0.25, 0.3) is 0 Å². The molecule has 1 aromatic carbocycles. The summed E-state index contributed by atoms with van der Waals surface area (Å²) in [7, 11) is 0. The third kappa shape index (κ3) is 4.19. The fourth-order valence-corrected chi connectivity index (χ4v) is 6.48. The number of aromatic nitrogens is 2. The zero-order valence-corrected chi connectivity index (χ0v) is 18.2. The van der Waals surface area contributed by atoms with E-state index >= 15 is 0 Å². The maximum absolute atomic E-state index is 13.8. The fraction of sp³-hybridized carbons (Fsp3) is 0.640. The normalized spacial score (nSPS) is 29.7. The topological polar surface area (TPSA) is 24.3 Å². The molecule has 0 aliphatic carbocycles. The molecule has 0 saturated carbocycles. The van der Waals surface area contributed by atoms with Crippen molar-refractivity contribution in [1.82, 2.24) is 19.4 Å².